The van der Waals surface area contributed by atoms with Gasteiger partial charge in [0.05, 0.1) is 5.75 Å². The topological polar surface area (TPSA) is 55.1 Å². The monoisotopic (exact) mass is 340 g/mol. The number of benzene rings is 2. The number of hydrogen-bond donors (Lipinski definition) is 1. The van der Waals surface area contributed by atoms with E-state index in [0.717, 1.165) is 27.9 Å². The standard InChI is InChI=1S/C19H20N2O2S/c1-12(2)14-8-6-7-13(3)18(14)21-17(22)11-24-19-20-15-9-4-5-10-16(15)23-19/h4-10,12H,11H2,1-3H3,(H,21,22). The summed E-state index contributed by atoms with van der Waals surface area (Å²) in [4.78, 5) is 16.7. The molecular weight excluding hydrogens is 320 g/mol. The van der Waals surface area contributed by atoms with E-state index in [2.05, 4.69) is 30.2 Å². The van der Waals surface area contributed by atoms with Gasteiger partial charge in [0, 0.05) is 5.69 Å². The maximum absolute atomic E-state index is 12.3. The molecule has 1 N–H and O–H groups in total. The van der Waals surface area contributed by atoms with Crippen molar-refractivity contribution in [3.05, 3.63) is 53.6 Å². The number of amides is 1. The molecule has 1 aromatic heterocycles. The van der Waals surface area contributed by atoms with Crippen LogP contribution in [0, 0.1) is 6.92 Å². The molecule has 0 aliphatic heterocycles. The minimum Gasteiger partial charge on any atom is -0.431 e. The number of aromatic nitrogens is 1. The molecule has 3 aromatic rings. The first-order valence-electron chi connectivity index (χ1n) is 7.92. The molecule has 24 heavy (non-hydrogen) atoms. The highest BCUT2D eigenvalue weighted by atomic mass is 32.2. The first-order chi connectivity index (χ1) is 11.5. The number of aryl methyl sites for hydroxylation is 1. The van der Waals surface area contributed by atoms with Crippen LogP contribution in [-0.4, -0.2) is 16.6 Å². The summed E-state index contributed by atoms with van der Waals surface area (Å²) in [7, 11) is 0. The molecule has 2 aromatic carbocycles. The molecular formula is C19H20N2O2S. The largest absolute Gasteiger partial charge is 0.431 e. The van der Waals surface area contributed by atoms with Crippen molar-refractivity contribution in [2.75, 3.05) is 11.1 Å². The van der Waals surface area contributed by atoms with Gasteiger partial charge in [0.15, 0.2) is 5.58 Å². The lowest BCUT2D eigenvalue weighted by Gasteiger charge is -2.16. The molecule has 1 heterocycles. The second-order valence-corrected chi connectivity index (χ2v) is 6.90. The van der Waals surface area contributed by atoms with Crippen molar-refractivity contribution in [1.82, 2.24) is 4.98 Å². The molecule has 0 bridgehead atoms. The Morgan fingerprint density at radius 2 is 2.00 bits per heavy atom. The lowest BCUT2D eigenvalue weighted by molar-refractivity contribution is -0.113. The van der Waals surface area contributed by atoms with Gasteiger partial charge in [0.1, 0.15) is 5.52 Å². The second kappa shape index (κ2) is 7.09. The zero-order chi connectivity index (χ0) is 17.1. The SMILES string of the molecule is Cc1cccc(C(C)C)c1NC(=O)CSc1nc2ccccc2o1. The fourth-order valence-electron chi connectivity index (χ4n) is 2.56. The molecule has 1 amide bonds. The molecule has 0 aliphatic carbocycles. The van der Waals surface area contributed by atoms with Gasteiger partial charge in [-0.05, 0) is 36.1 Å². The van der Waals surface area contributed by atoms with Crippen molar-refractivity contribution in [2.24, 2.45) is 0 Å². The molecule has 0 spiro atoms. The number of carbonyl (C=O) groups is 1. The van der Waals surface area contributed by atoms with Gasteiger partial charge in [-0.15, -0.1) is 0 Å². The van der Waals surface area contributed by atoms with Crippen LogP contribution in [0.15, 0.2) is 52.1 Å². The van der Waals surface area contributed by atoms with E-state index in [9.17, 15) is 4.79 Å². The van der Waals surface area contributed by atoms with Crippen LogP contribution in [0.5, 0.6) is 0 Å². The van der Waals surface area contributed by atoms with Crippen LogP contribution in [0.2, 0.25) is 0 Å². The third-order valence-corrected chi connectivity index (χ3v) is 4.62. The molecule has 124 valence electrons. The van der Waals surface area contributed by atoms with Gasteiger partial charge < -0.3 is 9.73 Å². The molecule has 0 unspecified atom stereocenters. The van der Waals surface area contributed by atoms with Gasteiger partial charge in [-0.2, -0.15) is 0 Å². The lowest BCUT2D eigenvalue weighted by atomic mass is 9.98. The predicted octanol–water partition coefficient (Wildman–Crippen LogP) is 4.99. The highest BCUT2D eigenvalue weighted by Gasteiger charge is 2.13. The lowest BCUT2D eigenvalue weighted by Crippen LogP contribution is -2.16. The fraction of sp³-hybridized carbons (Fsp3) is 0.263. The van der Waals surface area contributed by atoms with Crippen molar-refractivity contribution in [3.63, 3.8) is 0 Å². The van der Waals surface area contributed by atoms with Gasteiger partial charge in [-0.3, -0.25) is 4.79 Å². The van der Waals surface area contributed by atoms with E-state index in [4.69, 9.17) is 4.42 Å². The predicted molar refractivity (Wildman–Crippen MR) is 98.6 cm³/mol. The van der Waals surface area contributed by atoms with Gasteiger partial charge in [0.2, 0.25) is 5.91 Å². The van der Waals surface area contributed by atoms with E-state index < -0.39 is 0 Å². The van der Waals surface area contributed by atoms with Crippen LogP contribution in [0.3, 0.4) is 0 Å². The summed E-state index contributed by atoms with van der Waals surface area (Å²) in [6, 6.07) is 13.7. The van der Waals surface area contributed by atoms with Crippen molar-refractivity contribution in [2.45, 2.75) is 31.9 Å². The number of hydrogen-bond acceptors (Lipinski definition) is 4. The molecule has 0 saturated heterocycles. The Bertz CT molecular complexity index is 838. The van der Waals surface area contributed by atoms with Gasteiger partial charge >= 0.3 is 0 Å². The van der Waals surface area contributed by atoms with E-state index in [1.807, 2.05) is 43.3 Å². The Labute approximate surface area is 145 Å². The Morgan fingerprint density at radius 1 is 1.21 bits per heavy atom. The molecule has 4 nitrogen and oxygen atoms in total. The Morgan fingerprint density at radius 3 is 2.75 bits per heavy atom. The average Bonchev–Trinajstić information content (AvgIpc) is 2.97. The number of thioether (sulfide) groups is 1. The summed E-state index contributed by atoms with van der Waals surface area (Å²) in [6.45, 7) is 6.25. The van der Waals surface area contributed by atoms with Gasteiger partial charge in [0.25, 0.3) is 5.22 Å². The number of carbonyl (C=O) groups excluding carboxylic acids is 1. The van der Waals surface area contributed by atoms with Crippen LogP contribution in [0.1, 0.15) is 30.9 Å². The number of oxazole rings is 1. The van der Waals surface area contributed by atoms with Crippen molar-refractivity contribution in [3.8, 4) is 0 Å². The number of nitrogens with zero attached hydrogens (tertiary/aromatic N) is 1. The van der Waals surface area contributed by atoms with Crippen LogP contribution in [0.25, 0.3) is 11.1 Å². The van der Waals surface area contributed by atoms with E-state index in [0.29, 0.717) is 11.1 Å². The van der Waals surface area contributed by atoms with E-state index in [1.54, 1.807) is 0 Å². The minimum absolute atomic E-state index is 0.0570. The van der Waals surface area contributed by atoms with Crippen molar-refractivity contribution in [1.29, 1.82) is 0 Å². The first kappa shape index (κ1) is 16.6. The highest BCUT2D eigenvalue weighted by Crippen LogP contribution is 2.28. The highest BCUT2D eigenvalue weighted by molar-refractivity contribution is 7.99. The number of anilines is 1. The summed E-state index contributed by atoms with van der Waals surface area (Å²) in [6.07, 6.45) is 0. The Hall–Kier alpha value is -2.27. The summed E-state index contributed by atoms with van der Waals surface area (Å²) in [5.41, 5.74) is 4.68. The minimum atomic E-state index is -0.0570. The third-order valence-electron chi connectivity index (χ3n) is 3.79. The molecule has 5 heteroatoms. The maximum atomic E-state index is 12.3. The van der Waals surface area contributed by atoms with E-state index in [1.165, 1.54) is 11.8 Å². The number of para-hydroxylation sites is 3. The molecule has 0 aliphatic rings. The van der Waals surface area contributed by atoms with Gasteiger partial charge in [-0.25, -0.2) is 4.98 Å². The number of rotatable bonds is 5. The van der Waals surface area contributed by atoms with Crippen molar-refractivity contribution < 1.29 is 9.21 Å². The molecule has 0 radical (unpaired) electrons. The summed E-state index contributed by atoms with van der Waals surface area (Å²) >= 11 is 1.30. The molecule has 0 fully saturated rings. The van der Waals surface area contributed by atoms with Crippen LogP contribution >= 0.6 is 11.8 Å². The number of fused-ring (bicyclic) bond motifs is 1. The third kappa shape index (κ3) is 3.62. The molecule has 0 saturated carbocycles. The Kier molecular flexibility index (Phi) is 4.90. The van der Waals surface area contributed by atoms with Crippen LogP contribution < -0.4 is 5.32 Å². The number of nitrogens with one attached hydrogen (secondary N) is 1. The van der Waals surface area contributed by atoms with Crippen molar-refractivity contribution >= 4 is 34.5 Å². The molecule has 3 rings (SSSR count). The van der Waals surface area contributed by atoms with Crippen LogP contribution in [0.4, 0.5) is 5.69 Å². The summed E-state index contributed by atoms with van der Waals surface area (Å²) < 4.78 is 5.63. The normalized spacial score (nSPS) is 11.2. The molecule has 0 atom stereocenters. The summed E-state index contributed by atoms with van der Waals surface area (Å²) in [5.74, 6) is 0.557. The zero-order valence-electron chi connectivity index (χ0n) is 14.0. The fourth-order valence-corrected chi connectivity index (χ4v) is 3.20. The smallest absolute Gasteiger partial charge is 0.257 e. The average molecular weight is 340 g/mol. The van der Waals surface area contributed by atoms with E-state index >= 15 is 0 Å². The second-order valence-electron chi connectivity index (χ2n) is 5.98. The van der Waals surface area contributed by atoms with E-state index in [-0.39, 0.29) is 11.7 Å². The quantitative estimate of drug-likeness (QED) is 0.665. The maximum Gasteiger partial charge on any atom is 0.257 e. The summed E-state index contributed by atoms with van der Waals surface area (Å²) in [5, 5.41) is 3.55. The zero-order valence-corrected chi connectivity index (χ0v) is 14.8. The first-order valence-corrected chi connectivity index (χ1v) is 8.91. The van der Waals surface area contributed by atoms with Crippen LogP contribution in [-0.2, 0) is 4.79 Å². The Balaban J connectivity index is 1.68. The van der Waals surface area contributed by atoms with Gasteiger partial charge in [-0.1, -0.05) is 55.9 Å².